The summed E-state index contributed by atoms with van der Waals surface area (Å²) in [5.74, 6) is 0.638. The Hall–Kier alpha value is -2.38. The van der Waals surface area contributed by atoms with Crippen LogP contribution in [-0.2, 0) is 29.2 Å². The molecule has 0 spiro atoms. The molecule has 0 bridgehead atoms. The molecule has 1 aliphatic rings. The minimum atomic E-state index is -0.452. The smallest absolute Gasteiger partial charge is 0.330 e. The summed E-state index contributed by atoms with van der Waals surface area (Å²) < 4.78 is 8.67. The summed E-state index contributed by atoms with van der Waals surface area (Å²) in [5.41, 5.74) is -0.167. The summed E-state index contributed by atoms with van der Waals surface area (Å²) in [6.07, 6.45) is 3.39. The zero-order valence-corrected chi connectivity index (χ0v) is 15.6. The Labute approximate surface area is 151 Å². The third-order valence-corrected chi connectivity index (χ3v) is 4.90. The lowest BCUT2D eigenvalue weighted by Crippen LogP contribution is -2.31. The van der Waals surface area contributed by atoms with Crippen molar-refractivity contribution in [2.45, 2.75) is 66.2 Å². The summed E-state index contributed by atoms with van der Waals surface area (Å²) in [4.78, 5) is 43.5. The molecule has 8 heteroatoms. The molecule has 0 unspecified atom stereocenters. The van der Waals surface area contributed by atoms with Gasteiger partial charge < -0.3 is 9.30 Å². The second-order valence-electron chi connectivity index (χ2n) is 7.04. The molecule has 8 nitrogen and oxygen atoms in total. The molecule has 26 heavy (non-hydrogen) atoms. The van der Waals surface area contributed by atoms with Crippen molar-refractivity contribution >= 4 is 17.1 Å². The van der Waals surface area contributed by atoms with Crippen molar-refractivity contribution in [2.24, 2.45) is 11.8 Å². The minimum Gasteiger partial charge on any atom is -0.457 e. The number of imidazole rings is 1. The molecule has 2 aromatic rings. The number of esters is 1. The Morgan fingerprint density at radius 2 is 1.96 bits per heavy atom. The fraction of sp³-hybridized carbons (Fsp3) is 0.667. The topological polar surface area (TPSA) is 99.0 Å². The van der Waals surface area contributed by atoms with Gasteiger partial charge in [0, 0.05) is 13.1 Å². The molecular weight excluding hydrogens is 336 g/mol. The first-order valence-corrected chi connectivity index (χ1v) is 9.36. The van der Waals surface area contributed by atoms with E-state index in [-0.39, 0.29) is 18.5 Å². The van der Waals surface area contributed by atoms with Crippen molar-refractivity contribution in [3.63, 3.8) is 0 Å². The number of ether oxygens (including phenoxy) is 1. The number of fused-ring (bicyclic) bond motifs is 1. The van der Waals surface area contributed by atoms with E-state index in [1.54, 1.807) is 4.57 Å². The van der Waals surface area contributed by atoms with Crippen LogP contribution in [-0.4, -0.2) is 25.1 Å². The van der Waals surface area contributed by atoms with Gasteiger partial charge in [-0.1, -0.05) is 27.2 Å². The van der Waals surface area contributed by atoms with E-state index in [1.165, 1.54) is 4.57 Å². The van der Waals surface area contributed by atoms with E-state index in [2.05, 4.69) is 9.97 Å². The molecule has 0 radical (unpaired) electrons. The summed E-state index contributed by atoms with van der Waals surface area (Å²) in [7, 11) is 0. The van der Waals surface area contributed by atoms with Crippen molar-refractivity contribution in [3.8, 4) is 0 Å². The van der Waals surface area contributed by atoms with E-state index in [0.29, 0.717) is 36.0 Å². The summed E-state index contributed by atoms with van der Waals surface area (Å²) in [6, 6.07) is 0. The number of rotatable bonds is 8. The third kappa shape index (κ3) is 3.45. The number of hydrogen-bond acceptors (Lipinski definition) is 5. The van der Waals surface area contributed by atoms with E-state index in [0.717, 1.165) is 25.7 Å². The molecule has 2 heterocycles. The fourth-order valence-corrected chi connectivity index (χ4v) is 3.21. The lowest BCUT2D eigenvalue weighted by molar-refractivity contribution is -0.147. The lowest BCUT2D eigenvalue weighted by Gasteiger charge is -2.08. The monoisotopic (exact) mass is 362 g/mol. The number of carbonyl (C=O) groups excluding carboxylic acids is 1. The van der Waals surface area contributed by atoms with Crippen LogP contribution in [0.15, 0.2) is 9.59 Å². The van der Waals surface area contributed by atoms with Crippen LogP contribution < -0.4 is 11.2 Å². The van der Waals surface area contributed by atoms with Gasteiger partial charge in [-0.15, -0.1) is 0 Å². The molecule has 2 aromatic heterocycles. The highest BCUT2D eigenvalue weighted by Crippen LogP contribution is 2.38. The third-order valence-electron chi connectivity index (χ3n) is 4.90. The van der Waals surface area contributed by atoms with Crippen molar-refractivity contribution in [2.75, 3.05) is 0 Å². The minimum absolute atomic E-state index is 0.0120. The Balaban J connectivity index is 2.00. The normalized spacial score (nSPS) is 19.0. The maximum Gasteiger partial charge on any atom is 0.330 e. The molecule has 1 fully saturated rings. The number of nitrogens with one attached hydrogen (secondary N) is 1. The van der Waals surface area contributed by atoms with Crippen LogP contribution in [0.1, 0.15) is 52.3 Å². The molecule has 1 N–H and O–H groups in total. The molecule has 0 saturated heterocycles. The predicted molar refractivity (Wildman–Crippen MR) is 96.9 cm³/mol. The van der Waals surface area contributed by atoms with Crippen molar-refractivity contribution in [3.05, 3.63) is 26.7 Å². The van der Waals surface area contributed by atoms with Crippen LogP contribution in [0.4, 0.5) is 0 Å². The van der Waals surface area contributed by atoms with Gasteiger partial charge in [0.25, 0.3) is 5.56 Å². The average Bonchev–Trinajstić information content (AvgIpc) is 3.22. The number of carbonyl (C=O) groups is 1. The number of nitrogens with zero attached hydrogens (tertiary/aromatic N) is 3. The average molecular weight is 362 g/mol. The Bertz CT molecular complexity index is 924. The maximum absolute atomic E-state index is 12.4. The predicted octanol–water partition coefficient (Wildman–Crippen LogP) is 1.80. The standard InChI is InChI=1S/C18H26N4O4/c1-4-6-8-22-15-14(16(23)20-18(22)25)21(7-5-2)13(19-15)10-26-17(24)12-9-11(12)3/h11-12H,4-10H2,1-3H3,(H,20,23,25)/t11-,12+/m0/s1. The Kier molecular flexibility index (Phi) is 5.29. The van der Waals surface area contributed by atoms with Gasteiger partial charge >= 0.3 is 11.7 Å². The second kappa shape index (κ2) is 7.47. The SMILES string of the molecule is CCCCn1c(=O)[nH]c(=O)c2c1nc(COC(=O)[C@@H]1C[C@@H]1C)n2CCC. The van der Waals surface area contributed by atoms with Crippen LogP contribution in [0.2, 0.25) is 0 Å². The first-order chi connectivity index (χ1) is 12.5. The fourth-order valence-electron chi connectivity index (χ4n) is 3.21. The molecule has 0 aliphatic heterocycles. The number of aryl methyl sites for hydroxylation is 2. The quantitative estimate of drug-likeness (QED) is 0.722. The summed E-state index contributed by atoms with van der Waals surface area (Å²) in [6.45, 7) is 7.12. The van der Waals surface area contributed by atoms with Crippen LogP contribution in [0, 0.1) is 11.8 Å². The van der Waals surface area contributed by atoms with Gasteiger partial charge in [0.1, 0.15) is 12.4 Å². The highest BCUT2D eigenvalue weighted by Gasteiger charge is 2.40. The first kappa shape index (κ1) is 18.4. The van der Waals surface area contributed by atoms with Crippen LogP contribution in [0.25, 0.3) is 11.2 Å². The van der Waals surface area contributed by atoms with E-state index >= 15 is 0 Å². The molecular formula is C18H26N4O4. The van der Waals surface area contributed by atoms with E-state index < -0.39 is 11.2 Å². The molecule has 0 aromatic carbocycles. The van der Waals surface area contributed by atoms with Crippen LogP contribution in [0.3, 0.4) is 0 Å². The summed E-state index contributed by atoms with van der Waals surface area (Å²) in [5, 5.41) is 0. The maximum atomic E-state index is 12.4. The number of hydrogen-bond donors (Lipinski definition) is 1. The van der Waals surface area contributed by atoms with Gasteiger partial charge in [0.15, 0.2) is 11.2 Å². The van der Waals surface area contributed by atoms with Gasteiger partial charge in [-0.05, 0) is 25.2 Å². The molecule has 2 atom stereocenters. The number of H-pyrrole nitrogens is 1. The van der Waals surface area contributed by atoms with Gasteiger partial charge in [-0.25, -0.2) is 9.78 Å². The van der Waals surface area contributed by atoms with Crippen LogP contribution >= 0.6 is 0 Å². The largest absolute Gasteiger partial charge is 0.457 e. The molecule has 1 saturated carbocycles. The van der Waals surface area contributed by atoms with Crippen molar-refractivity contribution in [1.29, 1.82) is 0 Å². The molecule has 3 rings (SSSR count). The lowest BCUT2D eigenvalue weighted by atomic mass is 10.3. The zero-order chi connectivity index (χ0) is 18.8. The molecule has 0 amide bonds. The van der Waals surface area contributed by atoms with Gasteiger partial charge in [0.05, 0.1) is 5.92 Å². The number of unbranched alkanes of at least 4 members (excludes halogenated alkanes) is 1. The summed E-state index contributed by atoms with van der Waals surface area (Å²) >= 11 is 0. The van der Waals surface area contributed by atoms with Gasteiger partial charge in [-0.3, -0.25) is 19.1 Å². The molecule has 142 valence electrons. The Morgan fingerprint density at radius 1 is 1.23 bits per heavy atom. The van der Waals surface area contributed by atoms with E-state index in [1.807, 2.05) is 20.8 Å². The zero-order valence-electron chi connectivity index (χ0n) is 15.6. The molecule has 1 aliphatic carbocycles. The van der Waals surface area contributed by atoms with Crippen LogP contribution in [0.5, 0.6) is 0 Å². The van der Waals surface area contributed by atoms with E-state index in [4.69, 9.17) is 4.74 Å². The Morgan fingerprint density at radius 3 is 2.58 bits per heavy atom. The highest BCUT2D eigenvalue weighted by atomic mass is 16.5. The van der Waals surface area contributed by atoms with Gasteiger partial charge in [0.2, 0.25) is 0 Å². The van der Waals surface area contributed by atoms with Crippen molar-refractivity contribution < 1.29 is 9.53 Å². The number of aromatic amines is 1. The highest BCUT2D eigenvalue weighted by molar-refractivity contribution is 5.75. The van der Waals surface area contributed by atoms with Gasteiger partial charge in [-0.2, -0.15) is 0 Å². The number of aromatic nitrogens is 4. The first-order valence-electron chi connectivity index (χ1n) is 9.36. The second-order valence-corrected chi connectivity index (χ2v) is 7.04. The van der Waals surface area contributed by atoms with E-state index in [9.17, 15) is 14.4 Å². The van der Waals surface area contributed by atoms with Crippen molar-refractivity contribution in [1.82, 2.24) is 19.1 Å².